The number of aromatic nitrogens is 1. The number of benzene rings is 3. The molecule has 1 aromatic heterocycles. The first-order chi connectivity index (χ1) is 22.8. The van der Waals surface area contributed by atoms with E-state index in [1.54, 1.807) is 46.0 Å². The van der Waals surface area contributed by atoms with E-state index in [0.29, 0.717) is 18.4 Å². The Morgan fingerprint density at radius 3 is 2.08 bits per heavy atom. The molecule has 6 N–H and O–H groups in total. The second-order valence-electron chi connectivity index (χ2n) is 13.1. The zero-order valence-corrected chi connectivity index (χ0v) is 27.7. The Balaban J connectivity index is 1.62. The van der Waals surface area contributed by atoms with E-state index in [0.717, 1.165) is 22.4 Å². The lowest BCUT2D eigenvalue weighted by molar-refractivity contribution is -0.126. The van der Waals surface area contributed by atoms with Crippen LogP contribution >= 0.6 is 0 Å². The lowest BCUT2D eigenvalue weighted by Gasteiger charge is -2.33. The number of aliphatic hydroxyl groups is 1. The lowest BCUT2D eigenvalue weighted by atomic mass is 9.85. The molecule has 10 heteroatoms. The van der Waals surface area contributed by atoms with Crippen LogP contribution in [0.1, 0.15) is 54.2 Å². The van der Waals surface area contributed by atoms with Gasteiger partial charge in [-0.25, -0.2) is 4.79 Å². The second-order valence-corrected chi connectivity index (χ2v) is 13.1. The summed E-state index contributed by atoms with van der Waals surface area (Å²) in [6.45, 7) is 6.95. The highest BCUT2D eigenvalue weighted by Crippen LogP contribution is 2.23. The highest BCUT2D eigenvalue weighted by atomic mass is 16.4. The van der Waals surface area contributed by atoms with Crippen LogP contribution in [0.25, 0.3) is 11.3 Å². The molecule has 1 heterocycles. The van der Waals surface area contributed by atoms with E-state index in [2.05, 4.69) is 20.9 Å². The van der Waals surface area contributed by atoms with Gasteiger partial charge in [-0.1, -0.05) is 87.5 Å². The summed E-state index contributed by atoms with van der Waals surface area (Å²) < 4.78 is 0. The molecule has 0 bridgehead atoms. The summed E-state index contributed by atoms with van der Waals surface area (Å²) >= 11 is 0. The van der Waals surface area contributed by atoms with Crippen molar-refractivity contribution in [2.45, 2.75) is 71.2 Å². The number of nitrogens with one attached hydrogen (secondary N) is 3. The quantitative estimate of drug-likeness (QED) is 0.115. The molecule has 0 aliphatic carbocycles. The average Bonchev–Trinajstić information content (AvgIpc) is 3.05. The van der Waals surface area contributed by atoms with E-state index in [4.69, 9.17) is 0 Å². The third-order valence-corrected chi connectivity index (χ3v) is 8.29. The normalized spacial score (nSPS) is 13.9. The second kappa shape index (κ2) is 16.1. The maximum atomic E-state index is 13.6. The molecule has 0 aliphatic heterocycles. The van der Waals surface area contributed by atoms with Crippen LogP contribution in [0, 0.1) is 12.3 Å². The summed E-state index contributed by atoms with van der Waals surface area (Å²) in [5, 5.41) is 39.7. The maximum absolute atomic E-state index is 13.6. The van der Waals surface area contributed by atoms with Gasteiger partial charge in [0.25, 0.3) is 5.91 Å². The predicted molar refractivity (Wildman–Crippen MR) is 185 cm³/mol. The molecule has 3 aromatic carbocycles. The molecule has 4 rings (SSSR count). The highest BCUT2D eigenvalue weighted by molar-refractivity contribution is 5.96. The van der Waals surface area contributed by atoms with Crippen LogP contribution in [0.15, 0.2) is 97.2 Å². The third kappa shape index (κ3) is 9.89. The van der Waals surface area contributed by atoms with Gasteiger partial charge < -0.3 is 31.3 Å². The number of aromatic hydroxyl groups is 1. The molecular formula is C38H44N4O6. The smallest absolute Gasteiger partial charge is 0.405 e. The number of hydrogen-bond acceptors (Lipinski definition) is 6. The van der Waals surface area contributed by atoms with Gasteiger partial charge in [0, 0.05) is 28.9 Å². The Hall–Kier alpha value is -5.22. The minimum atomic E-state index is -1.32. The molecule has 0 fully saturated rings. The fourth-order valence-electron chi connectivity index (χ4n) is 5.63. The summed E-state index contributed by atoms with van der Waals surface area (Å²) in [6.07, 6.45) is -0.0399. The van der Waals surface area contributed by atoms with Crippen molar-refractivity contribution < 1.29 is 29.7 Å². The van der Waals surface area contributed by atoms with Gasteiger partial charge in [-0.2, -0.15) is 0 Å². The topological polar surface area (TPSA) is 161 Å². The predicted octanol–water partition coefficient (Wildman–Crippen LogP) is 5.26. The van der Waals surface area contributed by atoms with Crippen molar-refractivity contribution in [3.05, 3.63) is 119 Å². The van der Waals surface area contributed by atoms with E-state index < -0.39 is 47.6 Å². The number of phenolic OH excluding ortho intramolecular Hbond substituents is 1. The van der Waals surface area contributed by atoms with Gasteiger partial charge in [-0.3, -0.25) is 14.6 Å². The summed E-state index contributed by atoms with van der Waals surface area (Å²) in [7, 11) is 0. The Labute approximate surface area is 281 Å². The lowest BCUT2D eigenvalue weighted by Crippen LogP contribution is -2.56. The molecule has 4 atom stereocenters. The van der Waals surface area contributed by atoms with Crippen LogP contribution in [0.2, 0.25) is 0 Å². The molecule has 0 spiro atoms. The largest absolute Gasteiger partial charge is 0.508 e. The van der Waals surface area contributed by atoms with Crippen molar-refractivity contribution in [1.82, 2.24) is 20.9 Å². The molecule has 0 radical (unpaired) electrons. The number of amides is 3. The molecule has 4 aromatic rings. The summed E-state index contributed by atoms with van der Waals surface area (Å²) in [5.41, 5.74) is 3.47. The van der Waals surface area contributed by atoms with Crippen molar-refractivity contribution in [2.75, 3.05) is 0 Å². The molecule has 1 unspecified atom stereocenters. The molecule has 252 valence electrons. The first-order valence-electron chi connectivity index (χ1n) is 15.9. The van der Waals surface area contributed by atoms with E-state index in [1.807, 2.05) is 72.8 Å². The third-order valence-electron chi connectivity index (χ3n) is 8.29. The Morgan fingerprint density at radius 1 is 0.792 bits per heavy atom. The number of carboxylic acid groups (broad SMARTS) is 1. The number of carbonyl (C=O) groups excluding carboxylic acids is 2. The molecular weight excluding hydrogens is 608 g/mol. The standard InChI is InChI=1S/C38H44N4O6/c1-24-29(13-10-15-32(24)43)35(45)41-31(22-25-11-6-5-7-12-25)33(44)23-28(40-36(46)34(38(2,3)4)42-37(47)48)21-26-16-18-27(19-17-26)30-14-8-9-20-39-30/h5-20,28,31,33-34,42-44H,21-23H2,1-4H3,(H,40,46)(H,41,45)(H,47,48)/t28?,31-,33-,34+/m0/s1. The zero-order valence-electron chi connectivity index (χ0n) is 27.7. The van der Waals surface area contributed by atoms with Gasteiger partial charge >= 0.3 is 6.09 Å². The van der Waals surface area contributed by atoms with Gasteiger partial charge in [0.15, 0.2) is 0 Å². The van der Waals surface area contributed by atoms with Crippen LogP contribution in [0.3, 0.4) is 0 Å². The maximum Gasteiger partial charge on any atom is 0.405 e. The first-order valence-corrected chi connectivity index (χ1v) is 15.9. The summed E-state index contributed by atoms with van der Waals surface area (Å²) in [6, 6.07) is 25.1. The molecule has 48 heavy (non-hydrogen) atoms. The van der Waals surface area contributed by atoms with Gasteiger partial charge in [-0.05, 0) is 67.0 Å². The van der Waals surface area contributed by atoms with E-state index in [-0.39, 0.29) is 17.7 Å². The van der Waals surface area contributed by atoms with Crippen molar-refractivity contribution in [2.24, 2.45) is 5.41 Å². The van der Waals surface area contributed by atoms with Gasteiger partial charge in [0.1, 0.15) is 11.8 Å². The van der Waals surface area contributed by atoms with Crippen molar-refractivity contribution in [3.8, 4) is 17.0 Å². The van der Waals surface area contributed by atoms with Gasteiger partial charge in [0.2, 0.25) is 5.91 Å². The van der Waals surface area contributed by atoms with Crippen LogP contribution < -0.4 is 16.0 Å². The Kier molecular flexibility index (Phi) is 11.9. The number of rotatable bonds is 13. The molecule has 0 aliphatic rings. The molecule has 0 saturated carbocycles. The average molecular weight is 653 g/mol. The first kappa shape index (κ1) is 35.6. The van der Waals surface area contributed by atoms with Crippen molar-refractivity contribution in [3.63, 3.8) is 0 Å². The van der Waals surface area contributed by atoms with E-state index in [1.165, 1.54) is 6.07 Å². The highest BCUT2D eigenvalue weighted by Gasteiger charge is 2.35. The number of aliphatic hydroxyl groups excluding tert-OH is 1. The molecule has 0 saturated heterocycles. The van der Waals surface area contributed by atoms with E-state index >= 15 is 0 Å². The molecule has 10 nitrogen and oxygen atoms in total. The van der Waals surface area contributed by atoms with Crippen molar-refractivity contribution in [1.29, 1.82) is 0 Å². The van der Waals surface area contributed by atoms with E-state index in [9.17, 15) is 29.7 Å². The molecule has 3 amide bonds. The fourth-order valence-corrected chi connectivity index (χ4v) is 5.63. The minimum absolute atomic E-state index is 0.0111. The number of nitrogens with zero attached hydrogens (tertiary/aromatic N) is 1. The number of carbonyl (C=O) groups is 3. The summed E-state index contributed by atoms with van der Waals surface area (Å²) in [5.74, 6) is -0.984. The van der Waals surface area contributed by atoms with Crippen LogP contribution in [0.5, 0.6) is 5.75 Å². The number of hydrogen-bond donors (Lipinski definition) is 6. The van der Waals surface area contributed by atoms with Crippen LogP contribution in [-0.4, -0.2) is 62.4 Å². The fraction of sp³-hybridized carbons (Fsp3) is 0.316. The number of phenols is 1. The van der Waals surface area contributed by atoms with Crippen LogP contribution in [-0.2, 0) is 17.6 Å². The van der Waals surface area contributed by atoms with Gasteiger partial charge in [0.05, 0.1) is 17.8 Å². The van der Waals surface area contributed by atoms with Gasteiger partial charge in [-0.15, -0.1) is 0 Å². The minimum Gasteiger partial charge on any atom is -0.508 e. The Bertz CT molecular complexity index is 1670. The van der Waals surface area contributed by atoms with Crippen molar-refractivity contribution >= 4 is 17.9 Å². The monoisotopic (exact) mass is 652 g/mol. The SMILES string of the molecule is Cc1c(O)cccc1C(=O)N[C@@H](Cc1ccccc1)[C@@H](O)CC(Cc1ccc(-c2ccccn2)cc1)NC(=O)[C@@H](NC(=O)O)C(C)(C)C. The zero-order chi connectivity index (χ0) is 34.8. The number of pyridine rings is 1. The Morgan fingerprint density at radius 2 is 1.46 bits per heavy atom. The van der Waals surface area contributed by atoms with Crippen LogP contribution in [0.4, 0.5) is 4.79 Å². The summed E-state index contributed by atoms with van der Waals surface area (Å²) in [4.78, 5) is 43.1.